The van der Waals surface area contributed by atoms with Crippen molar-refractivity contribution in [3.05, 3.63) is 17.5 Å². The molecular weight excluding hydrogens is 302 g/mol. The van der Waals surface area contributed by atoms with Gasteiger partial charge in [-0.05, 0) is 51.4 Å². The Kier molecular flexibility index (Phi) is 5.42. The molecule has 6 nitrogen and oxygen atoms in total. The van der Waals surface area contributed by atoms with Crippen LogP contribution in [0, 0.1) is 0 Å². The van der Waals surface area contributed by atoms with E-state index < -0.39 is 12.0 Å². The van der Waals surface area contributed by atoms with Gasteiger partial charge in [-0.1, -0.05) is 0 Å². The lowest BCUT2D eigenvalue weighted by molar-refractivity contribution is -0.138. The highest BCUT2D eigenvalue weighted by atomic mass is 32.1. The van der Waals surface area contributed by atoms with Gasteiger partial charge in [0.1, 0.15) is 6.04 Å². The zero-order valence-corrected chi connectivity index (χ0v) is 14.0. The number of hydrogen-bond acceptors (Lipinski definition) is 4. The second-order valence-corrected chi connectivity index (χ2v) is 6.73. The average Bonchev–Trinajstić information content (AvgIpc) is 3.01. The molecular formula is C15H23N3O3S. The van der Waals surface area contributed by atoms with E-state index in [0.29, 0.717) is 24.1 Å². The summed E-state index contributed by atoms with van der Waals surface area (Å²) in [6, 6.07) is 3.00. The highest BCUT2D eigenvalue weighted by Crippen LogP contribution is 2.26. The van der Waals surface area contributed by atoms with E-state index in [9.17, 15) is 14.7 Å². The Balaban J connectivity index is 2.12. The van der Waals surface area contributed by atoms with Gasteiger partial charge in [0.15, 0.2) is 0 Å². The minimum atomic E-state index is -0.995. The van der Waals surface area contributed by atoms with Crippen LogP contribution in [0.2, 0.25) is 0 Å². The molecule has 2 rings (SSSR count). The van der Waals surface area contributed by atoms with E-state index in [-0.39, 0.29) is 6.03 Å². The lowest BCUT2D eigenvalue weighted by atomic mass is 10.0. The molecule has 1 fully saturated rings. The molecule has 1 saturated heterocycles. The van der Waals surface area contributed by atoms with Crippen molar-refractivity contribution in [1.82, 2.24) is 9.80 Å². The molecule has 7 heteroatoms. The number of nitrogens with zero attached hydrogens (tertiary/aromatic N) is 3. The van der Waals surface area contributed by atoms with Gasteiger partial charge in [0.05, 0.1) is 5.00 Å². The van der Waals surface area contributed by atoms with Crippen LogP contribution in [0.25, 0.3) is 0 Å². The maximum atomic E-state index is 12.8. The third-order valence-electron chi connectivity index (χ3n) is 4.16. The summed E-state index contributed by atoms with van der Waals surface area (Å²) in [5.41, 5.74) is 0. The van der Waals surface area contributed by atoms with Crippen LogP contribution in [-0.2, 0) is 4.79 Å². The molecule has 1 N–H and O–H groups in total. The lowest BCUT2D eigenvalue weighted by Gasteiger charge is -2.38. The highest BCUT2D eigenvalue weighted by Gasteiger charge is 2.33. The van der Waals surface area contributed by atoms with Gasteiger partial charge in [-0.2, -0.15) is 0 Å². The molecule has 0 bridgehead atoms. The minimum absolute atomic E-state index is 0.213. The number of aliphatic carboxylic acids is 1. The first-order chi connectivity index (χ1) is 10.4. The molecule has 2 heterocycles. The number of carbonyl (C=O) groups is 2. The highest BCUT2D eigenvalue weighted by molar-refractivity contribution is 7.14. The Labute approximate surface area is 134 Å². The molecule has 0 aromatic carbocycles. The summed E-state index contributed by atoms with van der Waals surface area (Å²) < 4.78 is 0. The molecule has 0 spiro atoms. The predicted molar refractivity (Wildman–Crippen MR) is 87.6 cm³/mol. The van der Waals surface area contributed by atoms with Gasteiger partial charge in [0.2, 0.25) is 0 Å². The van der Waals surface area contributed by atoms with Crippen molar-refractivity contribution in [2.24, 2.45) is 0 Å². The predicted octanol–water partition coefficient (Wildman–Crippen LogP) is 2.17. The molecule has 1 aromatic heterocycles. The molecule has 22 heavy (non-hydrogen) atoms. The van der Waals surface area contributed by atoms with E-state index in [0.717, 1.165) is 12.8 Å². The van der Waals surface area contributed by atoms with E-state index >= 15 is 0 Å². The fourth-order valence-corrected chi connectivity index (χ4v) is 3.50. The van der Waals surface area contributed by atoms with Crippen LogP contribution >= 0.6 is 11.3 Å². The van der Waals surface area contributed by atoms with Crippen molar-refractivity contribution in [2.45, 2.75) is 31.8 Å². The molecule has 1 aliphatic heterocycles. The molecule has 2 amide bonds. The van der Waals surface area contributed by atoms with Crippen molar-refractivity contribution >= 4 is 28.3 Å². The molecule has 1 aromatic rings. The van der Waals surface area contributed by atoms with Crippen molar-refractivity contribution < 1.29 is 14.7 Å². The van der Waals surface area contributed by atoms with Gasteiger partial charge in [0, 0.05) is 19.1 Å². The number of urea groups is 1. The van der Waals surface area contributed by atoms with E-state index in [1.54, 1.807) is 17.9 Å². The zero-order chi connectivity index (χ0) is 16.3. The number of carboxylic acid groups (broad SMARTS) is 1. The Hall–Kier alpha value is -1.60. The number of anilines is 1. The van der Waals surface area contributed by atoms with Crippen LogP contribution in [-0.4, -0.2) is 66.2 Å². The summed E-state index contributed by atoms with van der Waals surface area (Å²) in [7, 11) is 4.10. The van der Waals surface area contributed by atoms with Crippen LogP contribution in [0.5, 0.6) is 0 Å². The Morgan fingerprint density at radius 1 is 1.36 bits per heavy atom. The van der Waals surface area contributed by atoms with Crippen molar-refractivity contribution in [3.63, 3.8) is 0 Å². The van der Waals surface area contributed by atoms with Crippen LogP contribution in [0.15, 0.2) is 17.5 Å². The molecule has 0 saturated carbocycles. The SMILES string of the molecule is C[C@@H](C(=O)O)N(C(=O)N1CCC(N(C)C)CC1)c1cccs1. The van der Waals surface area contributed by atoms with Gasteiger partial charge < -0.3 is 14.9 Å². The summed E-state index contributed by atoms with van der Waals surface area (Å²) in [6.07, 6.45) is 1.83. The number of piperidine rings is 1. The topological polar surface area (TPSA) is 64.1 Å². The first-order valence-corrected chi connectivity index (χ1v) is 8.30. The normalized spacial score (nSPS) is 17.5. The number of amides is 2. The lowest BCUT2D eigenvalue weighted by Crippen LogP contribution is -2.53. The summed E-state index contributed by atoms with van der Waals surface area (Å²) >= 11 is 1.38. The molecule has 0 aliphatic carbocycles. The second kappa shape index (κ2) is 7.11. The Morgan fingerprint density at radius 3 is 2.45 bits per heavy atom. The van der Waals surface area contributed by atoms with E-state index in [2.05, 4.69) is 4.90 Å². The minimum Gasteiger partial charge on any atom is -0.480 e. The zero-order valence-electron chi connectivity index (χ0n) is 13.2. The van der Waals surface area contributed by atoms with Gasteiger partial charge in [-0.15, -0.1) is 11.3 Å². The first-order valence-electron chi connectivity index (χ1n) is 7.42. The molecule has 122 valence electrons. The average molecular weight is 325 g/mol. The number of hydrogen-bond donors (Lipinski definition) is 1. The Bertz CT molecular complexity index is 510. The summed E-state index contributed by atoms with van der Waals surface area (Å²) in [4.78, 5) is 29.5. The van der Waals surface area contributed by atoms with Crippen molar-refractivity contribution in [1.29, 1.82) is 0 Å². The second-order valence-electron chi connectivity index (χ2n) is 5.80. The summed E-state index contributed by atoms with van der Waals surface area (Å²) in [5, 5.41) is 11.8. The van der Waals surface area contributed by atoms with Crippen LogP contribution in [0.4, 0.5) is 9.80 Å². The maximum absolute atomic E-state index is 12.8. The number of likely N-dealkylation sites (tertiary alicyclic amines) is 1. The third-order valence-corrected chi connectivity index (χ3v) is 5.03. The van der Waals surface area contributed by atoms with Gasteiger partial charge in [0.25, 0.3) is 0 Å². The quantitative estimate of drug-likeness (QED) is 0.921. The monoisotopic (exact) mass is 325 g/mol. The fourth-order valence-electron chi connectivity index (χ4n) is 2.69. The van der Waals surface area contributed by atoms with Crippen LogP contribution in [0.1, 0.15) is 19.8 Å². The number of rotatable bonds is 4. The Morgan fingerprint density at radius 2 is 2.00 bits per heavy atom. The van der Waals surface area contributed by atoms with Crippen molar-refractivity contribution in [3.8, 4) is 0 Å². The number of carboxylic acids is 1. The van der Waals surface area contributed by atoms with Crippen LogP contribution < -0.4 is 4.90 Å². The first kappa shape index (κ1) is 16.8. The molecule has 1 atom stereocenters. The van der Waals surface area contributed by atoms with Gasteiger partial charge in [-0.25, -0.2) is 9.59 Å². The number of thiophene rings is 1. The molecule has 0 radical (unpaired) electrons. The molecule has 0 unspecified atom stereocenters. The van der Waals surface area contributed by atoms with Crippen LogP contribution in [0.3, 0.4) is 0 Å². The van der Waals surface area contributed by atoms with Gasteiger partial charge >= 0.3 is 12.0 Å². The van der Waals surface area contributed by atoms with Gasteiger partial charge in [-0.3, -0.25) is 4.90 Å². The maximum Gasteiger partial charge on any atom is 0.326 e. The van der Waals surface area contributed by atoms with E-state index in [1.165, 1.54) is 16.2 Å². The van der Waals surface area contributed by atoms with Crippen molar-refractivity contribution in [2.75, 3.05) is 32.1 Å². The summed E-state index contributed by atoms with van der Waals surface area (Å²) in [5.74, 6) is -0.995. The van der Waals surface area contributed by atoms with E-state index in [1.807, 2.05) is 25.5 Å². The summed E-state index contributed by atoms with van der Waals surface area (Å²) in [6.45, 7) is 2.87. The fraction of sp³-hybridized carbons (Fsp3) is 0.600. The smallest absolute Gasteiger partial charge is 0.326 e. The number of carbonyl (C=O) groups excluding carboxylic acids is 1. The molecule has 1 aliphatic rings. The third kappa shape index (κ3) is 3.59. The largest absolute Gasteiger partial charge is 0.480 e. The standard InChI is InChI=1S/C15H23N3O3S/c1-11(14(19)20)18(13-5-4-10-22-13)15(21)17-8-6-12(7-9-17)16(2)3/h4-5,10-12H,6-9H2,1-3H3,(H,19,20)/t11-/m0/s1. The van der Waals surface area contributed by atoms with E-state index in [4.69, 9.17) is 0 Å².